The first-order valence-electron chi connectivity index (χ1n) is 8.46. The van der Waals surface area contributed by atoms with E-state index in [9.17, 15) is 9.59 Å². The molecule has 0 aliphatic rings. The third-order valence-corrected chi connectivity index (χ3v) is 4.08. The van der Waals surface area contributed by atoms with E-state index >= 15 is 0 Å². The van der Waals surface area contributed by atoms with E-state index in [2.05, 4.69) is 5.32 Å². The molecular weight excluding hydrogens is 354 g/mol. The van der Waals surface area contributed by atoms with Gasteiger partial charge in [-0.1, -0.05) is 36.7 Å². The number of benzene rings is 2. The number of carbonyl (C=O) groups is 2. The summed E-state index contributed by atoms with van der Waals surface area (Å²) in [6.07, 6.45) is -0.157. The van der Waals surface area contributed by atoms with Gasteiger partial charge in [-0.2, -0.15) is 0 Å². The van der Waals surface area contributed by atoms with Gasteiger partial charge < -0.3 is 14.8 Å². The second-order valence-corrected chi connectivity index (χ2v) is 6.09. The van der Waals surface area contributed by atoms with Crippen LogP contribution in [0.3, 0.4) is 0 Å². The van der Waals surface area contributed by atoms with E-state index in [0.29, 0.717) is 23.4 Å². The summed E-state index contributed by atoms with van der Waals surface area (Å²) in [4.78, 5) is 24.3. The van der Waals surface area contributed by atoms with E-state index in [-0.39, 0.29) is 17.5 Å². The van der Waals surface area contributed by atoms with Crippen molar-refractivity contribution in [1.29, 1.82) is 0 Å². The van der Waals surface area contributed by atoms with Gasteiger partial charge in [0.25, 0.3) is 5.91 Å². The zero-order valence-electron chi connectivity index (χ0n) is 15.0. The normalized spacial score (nSPS) is 11.5. The molecule has 2 aromatic carbocycles. The Morgan fingerprint density at radius 2 is 1.88 bits per heavy atom. The van der Waals surface area contributed by atoms with Gasteiger partial charge in [0.1, 0.15) is 5.75 Å². The number of carbonyl (C=O) groups excluding carboxylic acids is 2. The van der Waals surface area contributed by atoms with Gasteiger partial charge in [0.15, 0.2) is 6.10 Å². The minimum absolute atomic E-state index is 0.259. The largest absolute Gasteiger partial charge is 0.480 e. The fourth-order valence-electron chi connectivity index (χ4n) is 2.34. The number of hydrogen-bond acceptors (Lipinski definition) is 4. The van der Waals surface area contributed by atoms with Gasteiger partial charge in [0, 0.05) is 0 Å². The van der Waals surface area contributed by atoms with Crippen LogP contribution in [0, 0.1) is 6.92 Å². The van der Waals surface area contributed by atoms with Crippen molar-refractivity contribution in [1.82, 2.24) is 0 Å². The Bertz CT molecular complexity index is 791. The number of para-hydroxylation sites is 1. The smallest absolute Gasteiger partial charge is 0.338 e. The molecule has 0 spiro atoms. The van der Waals surface area contributed by atoms with Crippen LogP contribution in [0.1, 0.15) is 36.2 Å². The van der Waals surface area contributed by atoms with Crippen LogP contribution in [0.25, 0.3) is 0 Å². The predicted molar refractivity (Wildman–Crippen MR) is 102 cm³/mol. The first kappa shape index (κ1) is 19.8. The lowest BCUT2D eigenvalue weighted by atomic mass is 10.2. The van der Waals surface area contributed by atoms with Crippen LogP contribution in [-0.2, 0) is 9.53 Å². The highest BCUT2D eigenvalue weighted by molar-refractivity contribution is 6.34. The van der Waals surface area contributed by atoms with Crippen molar-refractivity contribution in [2.75, 3.05) is 11.9 Å². The average molecular weight is 376 g/mol. The summed E-state index contributed by atoms with van der Waals surface area (Å²) in [5, 5.41) is 3.01. The maximum Gasteiger partial charge on any atom is 0.338 e. The minimum atomic E-state index is -0.656. The Kier molecular flexibility index (Phi) is 7.04. The standard InChI is InChI=1S/C20H22ClNO4/c1-4-17(26-18-9-7-6-8-13(18)3)19(23)22-16-11-10-14(12-15(16)21)20(24)25-5-2/h6-12,17H,4-5H2,1-3H3,(H,22,23)/t17-/m0/s1. The molecule has 5 nitrogen and oxygen atoms in total. The van der Waals surface area contributed by atoms with E-state index in [1.54, 1.807) is 19.1 Å². The lowest BCUT2D eigenvalue weighted by molar-refractivity contribution is -0.122. The molecule has 138 valence electrons. The number of hydrogen-bond donors (Lipinski definition) is 1. The van der Waals surface area contributed by atoms with Gasteiger partial charge in [-0.25, -0.2) is 4.79 Å². The van der Waals surface area contributed by atoms with Gasteiger partial charge >= 0.3 is 5.97 Å². The minimum Gasteiger partial charge on any atom is -0.480 e. The molecular formula is C20H22ClNO4. The topological polar surface area (TPSA) is 64.6 Å². The van der Waals surface area contributed by atoms with Crippen molar-refractivity contribution >= 4 is 29.2 Å². The van der Waals surface area contributed by atoms with Gasteiger partial charge in [-0.05, 0) is 50.1 Å². The third-order valence-electron chi connectivity index (χ3n) is 3.76. The highest BCUT2D eigenvalue weighted by atomic mass is 35.5. The van der Waals surface area contributed by atoms with Crippen LogP contribution in [0.4, 0.5) is 5.69 Å². The number of rotatable bonds is 7. The Morgan fingerprint density at radius 3 is 2.50 bits per heavy atom. The molecule has 26 heavy (non-hydrogen) atoms. The Morgan fingerprint density at radius 1 is 1.15 bits per heavy atom. The molecule has 2 rings (SSSR count). The molecule has 0 saturated carbocycles. The molecule has 1 amide bonds. The van der Waals surface area contributed by atoms with Gasteiger partial charge in [-0.3, -0.25) is 4.79 Å². The van der Waals surface area contributed by atoms with Crippen LogP contribution in [0.5, 0.6) is 5.75 Å². The first-order valence-corrected chi connectivity index (χ1v) is 8.83. The Hall–Kier alpha value is -2.53. The van der Waals surface area contributed by atoms with Crippen molar-refractivity contribution in [3.05, 3.63) is 58.6 Å². The summed E-state index contributed by atoms with van der Waals surface area (Å²) >= 11 is 6.19. The molecule has 0 radical (unpaired) electrons. The highest BCUT2D eigenvalue weighted by Gasteiger charge is 2.20. The number of esters is 1. The molecule has 0 aliphatic carbocycles. The summed E-state index contributed by atoms with van der Waals surface area (Å²) < 4.78 is 10.8. The molecule has 0 bridgehead atoms. The second kappa shape index (κ2) is 9.25. The zero-order valence-corrected chi connectivity index (χ0v) is 15.8. The van der Waals surface area contributed by atoms with Crippen LogP contribution in [-0.4, -0.2) is 24.6 Å². The van der Waals surface area contributed by atoms with E-state index in [1.165, 1.54) is 6.07 Å². The zero-order chi connectivity index (χ0) is 19.1. The molecule has 6 heteroatoms. The number of halogens is 1. The number of anilines is 1. The third kappa shape index (κ3) is 4.99. The predicted octanol–water partition coefficient (Wildman–Crippen LogP) is 4.62. The summed E-state index contributed by atoms with van der Waals surface area (Å²) in [5.41, 5.74) is 1.70. The molecule has 0 fully saturated rings. The maximum atomic E-state index is 12.5. The van der Waals surface area contributed by atoms with Crippen molar-refractivity contribution in [3.8, 4) is 5.75 Å². The lowest BCUT2D eigenvalue weighted by Crippen LogP contribution is -2.32. The van der Waals surface area contributed by atoms with Crippen molar-refractivity contribution in [2.45, 2.75) is 33.3 Å². The second-order valence-electron chi connectivity index (χ2n) is 5.68. The first-order chi connectivity index (χ1) is 12.5. The number of aryl methyl sites for hydroxylation is 1. The van der Waals surface area contributed by atoms with E-state index in [1.807, 2.05) is 38.1 Å². The molecule has 1 N–H and O–H groups in total. The lowest BCUT2D eigenvalue weighted by Gasteiger charge is -2.19. The SMILES string of the molecule is CCOC(=O)c1ccc(NC(=O)[C@H](CC)Oc2ccccc2C)c(Cl)c1. The summed E-state index contributed by atoms with van der Waals surface area (Å²) in [6, 6.07) is 12.1. The quantitative estimate of drug-likeness (QED) is 0.717. The molecule has 0 aliphatic heterocycles. The molecule has 0 heterocycles. The molecule has 0 saturated heterocycles. The van der Waals surface area contributed by atoms with Crippen molar-refractivity contribution in [2.24, 2.45) is 0 Å². The van der Waals surface area contributed by atoms with E-state index < -0.39 is 12.1 Å². The number of ether oxygens (including phenoxy) is 2. The van der Waals surface area contributed by atoms with Crippen LogP contribution in [0.2, 0.25) is 5.02 Å². The van der Waals surface area contributed by atoms with Gasteiger partial charge in [0.05, 0.1) is 22.9 Å². The summed E-state index contributed by atoms with van der Waals surface area (Å²) in [5.74, 6) is -0.0959. The fourth-order valence-corrected chi connectivity index (χ4v) is 2.56. The molecule has 0 aromatic heterocycles. The Labute approximate surface area is 158 Å². The highest BCUT2D eigenvalue weighted by Crippen LogP contribution is 2.25. The Balaban J connectivity index is 2.10. The van der Waals surface area contributed by atoms with Crippen LogP contribution in [0.15, 0.2) is 42.5 Å². The summed E-state index contributed by atoms with van der Waals surface area (Å²) in [6.45, 7) is 5.80. The number of amides is 1. The van der Waals surface area contributed by atoms with Crippen LogP contribution < -0.4 is 10.1 Å². The van der Waals surface area contributed by atoms with Gasteiger partial charge in [0.2, 0.25) is 0 Å². The number of nitrogens with one attached hydrogen (secondary N) is 1. The van der Waals surface area contributed by atoms with Crippen LogP contribution >= 0.6 is 11.6 Å². The molecule has 1 atom stereocenters. The summed E-state index contributed by atoms with van der Waals surface area (Å²) in [7, 11) is 0. The van der Waals surface area contributed by atoms with E-state index in [4.69, 9.17) is 21.1 Å². The van der Waals surface area contributed by atoms with Crippen molar-refractivity contribution in [3.63, 3.8) is 0 Å². The monoisotopic (exact) mass is 375 g/mol. The molecule has 0 unspecified atom stereocenters. The average Bonchev–Trinajstić information content (AvgIpc) is 2.62. The molecule has 2 aromatic rings. The van der Waals surface area contributed by atoms with Gasteiger partial charge in [-0.15, -0.1) is 0 Å². The maximum absolute atomic E-state index is 12.5. The van der Waals surface area contributed by atoms with Crippen molar-refractivity contribution < 1.29 is 19.1 Å². The fraction of sp³-hybridized carbons (Fsp3) is 0.300. The van der Waals surface area contributed by atoms with E-state index in [0.717, 1.165) is 5.56 Å².